The molecule has 1 fully saturated rings. The minimum atomic E-state index is -0.417. The van der Waals surface area contributed by atoms with Crippen LogP contribution in [0.5, 0.6) is 5.75 Å². The number of H-pyrrole nitrogens is 1. The summed E-state index contributed by atoms with van der Waals surface area (Å²) in [4.78, 5) is 24.2. The van der Waals surface area contributed by atoms with E-state index in [0.717, 1.165) is 70.8 Å². The maximum atomic E-state index is 13.4. The minimum absolute atomic E-state index is 0.0168. The number of piperidine rings is 1. The third-order valence-corrected chi connectivity index (χ3v) is 7.64. The van der Waals surface area contributed by atoms with Crippen LogP contribution in [0.4, 0.5) is 5.82 Å². The lowest BCUT2D eigenvalue weighted by Crippen LogP contribution is -2.54. The standard InChI is InChI=1S/C28H39N7O3/c1-14(2)25(28(36)31-18-8-10-35(6)11-9-18)33-27-24-19-13-22(37-7)20(23-15(3)34-38-16(23)4)12-21(19)32-26(24)29-17(5)30-27/h12-14,17-18,25,29,32H,8-11H2,1-7H3,(H,30,33)(H,31,36). The van der Waals surface area contributed by atoms with Gasteiger partial charge in [0.15, 0.2) is 0 Å². The Hall–Kier alpha value is -3.53. The predicted molar refractivity (Wildman–Crippen MR) is 150 cm³/mol. The Balaban J connectivity index is 1.49. The van der Waals surface area contributed by atoms with Gasteiger partial charge in [-0.25, -0.2) is 4.99 Å². The fraction of sp³-hybridized carbons (Fsp3) is 0.536. The number of likely N-dealkylation sites (tertiary alicyclic amines) is 1. The van der Waals surface area contributed by atoms with Crippen molar-refractivity contribution in [1.29, 1.82) is 0 Å². The van der Waals surface area contributed by atoms with Crippen LogP contribution in [0, 0.1) is 19.8 Å². The van der Waals surface area contributed by atoms with Gasteiger partial charge in [0.2, 0.25) is 5.91 Å². The average molecular weight is 522 g/mol. The number of hydrogen-bond acceptors (Lipinski definition) is 8. The maximum absolute atomic E-state index is 13.4. The highest BCUT2D eigenvalue weighted by molar-refractivity contribution is 6.16. The second-order valence-corrected chi connectivity index (χ2v) is 10.9. The molecule has 10 heteroatoms. The van der Waals surface area contributed by atoms with Gasteiger partial charge >= 0.3 is 0 Å². The van der Waals surface area contributed by atoms with Crippen LogP contribution < -0.4 is 20.7 Å². The average Bonchev–Trinajstić information content (AvgIpc) is 3.40. The number of methoxy groups -OCH3 is 1. The highest BCUT2D eigenvalue weighted by atomic mass is 16.5. The van der Waals surface area contributed by atoms with E-state index < -0.39 is 6.04 Å². The number of nitrogens with one attached hydrogen (secondary N) is 4. The summed E-state index contributed by atoms with van der Waals surface area (Å²) in [5.74, 6) is 3.10. The number of benzene rings is 1. The number of hydrogen-bond donors (Lipinski definition) is 4. The van der Waals surface area contributed by atoms with Crippen LogP contribution in [0.15, 0.2) is 21.6 Å². The van der Waals surface area contributed by atoms with E-state index in [0.29, 0.717) is 11.6 Å². The molecule has 4 N–H and O–H groups in total. The summed E-state index contributed by atoms with van der Waals surface area (Å²) < 4.78 is 11.2. The molecule has 0 saturated carbocycles. The second-order valence-electron chi connectivity index (χ2n) is 10.9. The van der Waals surface area contributed by atoms with E-state index in [1.165, 1.54) is 0 Å². The van der Waals surface area contributed by atoms with Crippen LogP contribution in [0.25, 0.3) is 22.0 Å². The van der Waals surface area contributed by atoms with Crippen molar-refractivity contribution in [2.24, 2.45) is 10.9 Å². The highest BCUT2D eigenvalue weighted by Crippen LogP contribution is 2.40. The van der Waals surface area contributed by atoms with Crippen molar-refractivity contribution in [3.63, 3.8) is 0 Å². The number of aliphatic imine (C=N–C) groups is 1. The van der Waals surface area contributed by atoms with Crippen LogP contribution in [0.3, 0.4) is 0 Å². The van der Waals surface area contributed by atoms with Gasteiger partial charge in [-0.2, -0.15) is 0 Å². The van der Waals surface area contributed by atoms with Crippen molar-refractivity contribution < 1.29 is 14.1 Å². The lowest BCUT2D eigenvalue weighted by Gasteiger charge is -2.32. The molecule has 0 radical (unpaired) electrons. The molecular formula is C28H39N7O3. The first-order valence-corrected chi connectivity index (χ1v) is 13.4. The first-order chi connectivity index (χ1) is 18.2. The van der Waals surface area contributed by atoms with Gasteiger partial charge in [-0.15, -0.1) is 0 Å². The summed E-state index contributed by atoms with van der Waals surface area (Å²) in [6.07, 6.45) is 1.77. The van der Waals surface area contributed by atoms with Gasteiger partial charge < -0.3 is 35.1 Å². The molecular weight excluding hydrogens is 482 g/mol. The van der Waals surface area contributed by atoms with Crippen molar-refractivity contribution in [1.82, 2.24) is 25.7 Å². The van der Waals surface area contributed by atoms with E-state index in [1.807, 2.05) is 26.8 Å². The third kappa shape index (κ3) is 4.84. The molecule has 2 atom stereocenters. The molecule has 2 aliphatic heterocycles. The molecule has 0 bridgehead atoms. The number of aromatic nitrogens is 2. The number of ether oxygens (including phenoxy) is 1. The molecule has 38 heavy (non-hydrogen) atoms. The van der Waals surface area contributed by atoms with Crippen LogP contribution in [-0.2, 0) is 4.79 Å². The summed E-state index contributed by atoms with van der Waals surface area (Å²) in [6, 6.07) is 3.87. The lowest BCUT2D eigenvalue weighted by molar-refractivity contribution is -0.124. The topological polar surface area (TPSA) is 120 Å². The summed E-state index contributed by atoms with van der Waals surface area (Å²) in [5, 5.41) is 15.3. The first-order valence-electron chi connectivity index (χ1n) is 13.4. The quantitative estimate of drug-likeness (QED) is 0.390. The molecule has 2 aromatic heterocycles. The van der Waals surface area contributed by atoms with Gasteiger partial charge in [0, 0.05) is 22.5 Å². The molecule has 1 amide bonds. The number of aryl methyl sites for hydroxylation is 2. The molecule has 10 nitrogen and oxygen atoms in total. The summed E-state index contributed by atoms with van der Waals surface area (Å²) in [7, 11) is 3.79. The van der Waals surface area contributed by atoms with Crippen molar-refractivity contribution in [3.05, 3.63) is 29.2 Å². The Bertz CT molecular complexity index is 1340. The summed E-state index contributed by atoms with van der Waals surface area (Å²) in [5.41, 5.74) is 4.47. The Kier molecular flexibility index (Phi) is 7.09. The highest BCUT2D eigenvalue weighted by Gasteiger charge is 2.31. The first kappa shape index (κ1) is 26.1. The van der Waals surface area contributed by atoms with E-state index in [1.54, 1.807) is 7.11 Å². The number of fused-ring (bicyclic) bond motifs is 3. The molecule has 4 heterocycles. The molecule has 3 aromatic rings. The van der Waals surface area contributed by atoms with Gasteiger partial charge in [0.05, 0.1) is 23.9 Å². The van der Waals surface area contributed by atoms with Crippen molar-refractivity contribution in [3.8, 4) is 16.9 Å². The van der Waals surface area contributed by atoms with E-state index in [9.17, 15) is 4.79 Å². The molecule has 204 valence electrons. The number of anilines is 1. The smallest absolute Gasteiger partial charge is 0.243 e. The molecule has 0 spiro atoms. The zero-order chi connectivity index (χ0) is 27.1. The fourth-order valence-corrected chi connectivity index (χ4v) is 5.54. The normalized spacial score (nSPS) is 19.2. The monoisotopic (exact) mass is 521 g/mol. The Morgan fingerprint density at radius 2 is 1.95 bits per heavy atom. The predicted octanol–water partition coefficient (Wildman–Crippen LogP) is 3.79. The molecule has 2 unspecified atom stereocenters. The van der Waals surface area contributed by atoms with Gasteiger partial charge in [-0.3, -0.25) is 4.79 Å². The van der Waals surface area contributed by atoms with Crippen LogP contribution in [0.1, 0.15) is 50.6 Å². The van der Waals surface area contributed by atoms with Crippen LogP contribution >= 0.6 is 0 Å². The van der Waals surface area contributed by atoms with Crippen molar-refractivity contribution in [2.45, 2.75) is 65.7 Å². The number of aromatic amines is 1. The van der Waals surface area contributed by atoms with Crippen LogP contribution in [0.2, 0.25) is 0 Å². The van der Waals surface area contributed by atoms with E-state index >= 15 is 0 Å². The zero-order valence-corrected chi connectivity index (χ0v) is 23.4. The van der Waals surface area contributed by atoms with Crippen molar-refractivity contribution in [2.75, 3.05) is 32.6 Å². The third-order valence-electron chi connectivity index (χ3n) is 7.64. The molecule has 2 aliphatic rings. The van der Waals surface area contributed by atoms with E-state index in [2.05, 4.69) is 58.0 Å². The van der Waals surface area contributed by atoms with Gasteiger partial charge in [-0.05, 0) is 71.8 Å². The number of nitrogens with zero attached hydrogens (tertiary/aromatic N) is 3. The Labute approximate surface area is 223 Å². The largest absolute Gasteiger partial charge is 0.496 e. The number of amides is 1. The maximum Gasteiger partial charge on any atom is 0.243 e. The molecule has 5 rings (SSSR count). The summed E-state index contributed by atoms with van der Waals surface area (Å²) in [6.45, 7) is 11.9. The van der Waals surface area contributed by atoms with E-state index in [4.69, 9.17) is 14.3 Å². The second kappa shape index (κ2) is 10.3. The minimum Gasteiger partial charge on any atom is -0.496 e. The zero-order valence-electron chi connectivity index (χ0n) is 23.4. The number of amidine groups is 1. The van der Waals surface area contributed by atoms with Gasteiger partial charge in [0.25, 0.3) is 0 Å². The van der Waals surface area contributed by atoms with Gasteiger partial charge in [0.1, 0.15) is 35.4 Å². The lowest BCUT2D eigenvalue weighted by atomic mass is 9.98. The molecule has 1 saturated heterocycles. The fourth-order valence-electron chi connectivity index (χ4n) is 5.54. The molecule has 0 aliphatic carbocycles. The number of carbonyl (C=O) groups excluding carboxylic acids is 1. The van der Waals surface area contributed by atoms with Crippen LogP contribution in [-0.4, -0.2) is 72.3 Å². The Morgan fingerprint density at radius 1 is 1.21 bits per heavy atom. The Morgan fingerprint density at radius 3 is 2.58 bits per heavy atom. The van der Waals surface area contributed by atoms with Gasteiger partial charge in [-0.1, -0.05) is 19.0 Å². The molecule has 1 aromatic carbocycles. The SMILES string of the molecule is COc1cc2c3c([nH]c2cc1-c1c(C)noc1C)NC(C)N=C3NC(C(=O)NC1CCN(C)CC1)C(C)C. The number of rotatable bonds is 6. The van der Waals surface area contributed by atoms with Crippen molar-refractivity contribution >= 4 is 28.5 Å². The number of carbonyl (C=O) groups is 1. The van der Waals surface area contributed by atoms with E-state index in [-0.39, 0.29) is 24.0 Å². The summed E-state index contributed by atoms with van der Waals surface area (Å²) >= 11 is 0.